The Hall–Kier alpha value is -0.810. The van der Waals surface area contributed by atoms with Crippen molar-refractivity contribution < 1.29 is 14.3 Å². The normalized spacial score (nSPS) is 31.6. The SMILES string of the molecule is COCC12CCC(CN(C(=O)OC(C)(C)C)C1)N2. The zero-order valence-corrected chi connectivity index (χ0v) is 11.8. The molecule has 18 heavy (non-hydrogen) atoms. The molecule has 2 atom stereocenters. The lowest BCUT2D eigenvalue weighted by atomic mass is 9.98. The Balaban J connectivity index is 2.01. The molecule has 0 aromatic rings. The van der Waals surface area contributed by atoms with Gasteiger partial charge >= 0.3 is 6.09 Å². The van der Waals surface area contributed by atoms with E-state index in [1.807, 2.05) is 25.7 Å². The topological polar surface area (TPSA) is 50.8 Å². The van der Waals surface area contributed by atoms with Crippen molar-refractivity contribution in [3.63, 3.8) is 0 Å². The zero-order chi connectivity index (χ0) is 13.4. The van der Waals surface area contributed by atoms with Gasteiger partial charge in [-0.25, -0.2) is 4.79 Å². The van der Waals surface area contributed by atoms with Crippen LogP contribution in [0, 0.1) is 0 Å². The molecule has 0 saturated carbocycles. The van der Waals surface area contributed by atoms with E-state index in [1.165, 1.54) is 0 Å². The van der Waals surface area contributed by atoms with Gasteiger partial charge in [0, 0.05) is 26.2 Å². The fourth-order valence-corrected chi connectivity index (χ4v) is 2.89. The third-order valence-corrected chi connectivity index (χ3v) is 3.49. The maximum Gasteiger partial charge on any atom is 0.410 e. The molecule has 2 rings (SSSR count). The Bertz CT molecular complexity index is 323. The smallest absolute Gasteiger partial charge is 0.410 e. The number of methoxy groups -OCH3 is 1. The van der Waals surface area contributed by atoms with Gasteiger partial charge in [0.25, 0.3) is 0 Å². The summed E-state index contributed by atoms with van der Waals surface area (Å²) in [5.74, 6) is 0. The molecule has 5 nitrogen and oxygen atoms in total. The largest absolute Gasteiger partial charge is 0.444 e. The quantitative estimate of drug-likeness (QED) is 0.811. The van der Waals surface area contributed by atoms with Gasteiger partial charge in [-0.1, -0.05) is 0 Å². The van der Waals surface area contributed by atoms with E-state index in [9.17, 15) is 4.79 Å². The van der Waals surface area contributed by atoms with Crippen molar-refractivity contribution in [3.05, 3.63) is 0 Å². The molecule has 2 unspecified atom stereocenters. The summed E-state index contributed by atoms with van der Waals surface area (Å²) in [6.07, 6.45) is 1.95. The summed E-state index contributed by atoms with van der Waals surface area (Å²) in [5.41, 5.74) is -0.510. The van der Waals surface area contributed by atoms with Gasteiger partial charge in [-0.15, -0.1) is 0 Å². The Labute approximate surface area is 109 Å². The van der Waals surface area contributed by atoms with E-state index in [0.717, 1.165) is 19.4 Å². The molecule has 2 bridgehead atoms. The van der Waals surface area contributed by atoms with Crippen molar-refractivity contribution in [2.45, 2.75) is 50.8 Å². The number of nitrogens with zero attached hydrogens (tertiary/aromatic N) is 1. The fourth-order valence-electron chi connectivity index (χ4n) is 2.89. The number of hydrogen-bond donors (Lipinski definition) is 1. The average molecular weight is 256 g/mol. The number of nitrogens with one attached hydrogen (secondary N) is 1. The van der Waals surface area contributed by atoms with Gasteiger partial charge in [0.1, 0.15) is 5.60 Å². The molecule has 5 heteroatoms. The summed E-state index contributed by atoms with van der Waals surface area (Å²) in [6.45, 7) is 7.74. The Kier molecular flexibility index (Phi) is 3.56. The molecule has 1 amide bonds. The Morgan fingerprint density at radius 3 is 2.83 bits per heavy atom. The molecule has 0 spiro atoms. The molecule has 2 heterocycles. The summed E-state index contributed by atoms with van der Waals surface area (Å²) in [7, 11) is 1.70. The minimum Gasteiger partial charge on any atom is -0.444 e. The lowest BCUT2D eigenvalue weighted by molar-refractivity contribution is 0.00390. The fraction of sp³-hybridized carbons (Fsp3) is 0.923. The lowest BCUT2D eigenvalue weighted by Gasteiger charge is -2.41. The Morgan fingerprint density at radius 1 is 1.50 bits per heavy atom. The highest BCUT2D eigenvalue weighted by atomic mass is 16.6. The van der Waals surface area contributed by atoms with E-state index in [-0.39, 0.29) is 11.6 Å². The van der Waals surface area contributed by atoms with Crippen LogP contribution >= 0.6 is 0 Å². The minimum atomic E-state index is -0.435. The summed E-state index contributed by atoms with van der Waals surface area (Å²) in [4.78, 5) is 13.9. The summed E-state index contributed by atoms with van der Waals surface area (Å²) >= 11 is 0. The van der Waals surface area contributed by atoms with Crippen molar-refractivity contribution in [2.24, 2.45) is 0 Å². The minimum absolute atomic E-state index is 0.0748. The highest BCUT2D eigenvalue weighted by Crippen LogP contribution is 2.30. The van der Waals surface area contributed by atoms with E-state index in [4.69, 9.17) is 9.47 Å². The number of carbonyl (C=O) groups excluding carboxylic acids is 1. The van der Waals surface area contributed by atoms with Crippen molar-refractivity contribution in [1.29, 1.82) is 0 Å². The maximum atomic E-state index is 12.1. The second kappa shape index (κ2) is 4.70. The number of amides is 1. The molecule has 0 aromatic heterocycles. The highest BCUT2D eigenvalue weighted by Gasteiger charge is 2.46. The van der Waals surface area contributed by atoms with Crippen LogP contribution in [0.1, 0.15) is 33.6 Å². The number of ether oxygens (including phenoxy) is 2. The molecule has 104 valence electrons. The number of fused-ring (bicyclic) bond motifs is 2. The van der Waals surface area contributed by atoms with Crippen molar-refractivity contribution >= 4 is 6.09 Å². The van der Waals surface area contributed by atoms with Gasteiger partial charge in [-0.2, -0.15) is 0 Å². The standard InChI is InChI=1S/C13H24N2O3/c1-12(2,3)18-11(16)15-7-10-5-6-13(8-15,14-10)9-17-4/h10,14H,5-9H2,1-4H3. The first kappa shape index (κ1) is 13.6. The molecular weight excluding hydrogens is 232 g/mol. The molecule has 2 saturated heterocycles. The second-order valence-electron chi connectivity index (χ2n) is 6.45. The van der Waals surface area contributed by atoms with Crippen LogP contribution in [0.15, 0.2) is 0 Å². The average Bonchev–Trinajstić information content (AvgIpc) is 2.52. The summed E-state index contributed by atoms with van der Waals surface area (Å²) in [6, 6.07) is 0.376. The van der Waals surface area contributed by atoms with Crippen LogP contribution in [-0.4, -0.2) is 55.0 Å². The van der Waals surface area contributed by atoms with Gasteiger partial charge in [0.2, 0.25) is 0 Å². The van der Waals surface area contributed by atoms with E-state index >= 15 is 0 Å². The van der Waals surface area contributed by atoms with Crippen LogP contribution in [0.3, 0.4) is 0 Å². The zero-order valence-electron chi connectivity index (χ0n) is 11.8. The van der Waals surface area contributed by atoms with Gasteiger partial charge in [-0.3, -0.25) is 0 Å². The van der Waals surface area contributed by atoms with Gasteiger partial charge in [-0.05, 0) is 33.6 Å². The first-order valence-electron chi connectivity index (χ1n) is 6.58. The van der Waals surface area contributed by atoms with Crippen LogP contribution in [0.5, 0.6) is 0 Å². The number of carbonyl (C=O) groups is 1. The molecule has 0 radical (unpaired) electrons. The second-order valence-corrected chi connectivity index (χ2v) is 6.45. The first-order chi connectivity index (χ1) is 8.34. The molecular formula is C13H24N2O3. The van der Waals surface area contributed by atoms with Crippen LogP contribution in [0.25, 0.3) is 0 Å². The maximum absolute atomic E-state index is 12.1. The van der Waals surface area contributed by atoms with Crippen molar-refractivity contribution in [3.8, 4) is 0 Å². The van der Waals surface area contributed by atoms with Crippen LogP contribution in [0.2, 0.25) is 0 Å². The predicted octanol–water partition coefficient (Wildman–Crippen LogP) is 1.37. The van der Waals surface area contributed by atoms with Crippen molar-refractivity contribution in [1.82, 2.24) is 10.2 Å². The molecule has 2 fully saturated rings. The van der Waals surface area contributed by atoms with E-state index < -0.39 is 5.60 Å². The molecule has 0 aromatic carbocycles. The third kappa shape index (κ3) is 2.95. The van der Waals surface area contributed by atoms with Crippen LogP contribution < -0.4 is 5.32 Å². The third-order valence-electron chi connectivity index (χ3n) is 3.49. The number of hydrogen-bond acceptors (Lipinski definition) is 4. The van der Waals surface area contributed by atoms with Crippen LogP contribution in [-0.2, 0) is 9.47 Å². The summed E-state index contributed by atoms with van der Waals surface area (Å²) in [5, 5.41) is 3.58. The van der Waals surface area contributed by atoms with E-state index in [1.54, 1.807) is 7.11 Å². The molecule has 1 N–H and O–H groups in total. The van der Waals surface area contributed by atoms with Gasteiger partial charge in [0.15, 0.2) is 0 Å². The van der Waals surface area contributed by atoms with Crippen molar-refractivity contribution in [2.75, 3.05) is 26.8 Å². The first-order valence-corrected chi connectivity index (χ1v) is 6.58. The van der Waals surface area contributed by atoms with E-state index in [0.29, 0.717) is 19.2 Å². The number of piperazine rings is 1. The summed E-state index contributed by atoms with van der Waals surface area (Å²) < 4.78 is 10.7. The number of rotatable bonds is 2. The Morgan fingerprint density at radius 2 is 2.22 bits per heavy atom. The molecule has 2 aliphatic rings. The van der Waals surface area contributed by atoms with Crippen LogP contribution in [0.4, 0.5) is 4.79 Å². The highest BCUT2D eigenvalue weighted by molar-refractivity contribution is 5.68. The number of likely N-dealkylation sites (tertiary alicyclic amines) is 1. The lowest BCUT2D eigenvalue weighted by Crippen LogP contribution is -2.63. The molecule has 2 aliphatic heterocycles. The van der Waals surface area contributed by atoms with E-state index in [2.05, 4.69) is 5.32 Å². The van der Waals surface area contributed by atoms with Gasteiger partial charge in [0.05, 0.1) is 12.1 Å². The monoisotopic (exact) mass is 256 g/mol. The predicted molar refractivity (Wildman–Crippen MR) is 68.6 cm³/mol. The van der Waals surface area contributed by atoms with Gasteiger partial charge < -0.3 is 19.7 Å². The molecule has 0 aliphatic carbocycles.